The largest absolute Gasteiger partial charge is 0.377 e. The Morgan fingerprint density at radius 3 is 2.55 bits per heavy atom. The van der Waals surface area contributed by atoms with Crippen molar-refractivity contribution in [1.82, 2.24) is 15.0 Å². The average molecular weight is 282 g/mol. The van der Waals surface area contributed by atoms with Gasteiger partial charge in [0.1, 0.15) is 5.01 Å². The van der Waals surface area contributed by atoms with E-state index in [9.17, 15) is 0 Å². The Balaban J connectivity index is 1.72. The lowest BCUT2D eigenvalue weighted by atomic mass is 10.2. The van der Waals surface area contributed by atoms with Crippen molar-refractivity contribution in [3.63, 3.8) is 0 Å². The summed E-state index contributed by atoms with van der Waals surface area (Å²) >= 11 is 1.64. The molecule has 0 aliphatic carbocycles. The maximum absolute atomic E-state index is 4.30. The predicted octanol–water partition coefficient (Wildman–Crippen LogP) is 3.77. The van der Waals surface area contributed by atoms with Crippen molar-refractivity contribution < 1.29 is 0 Å². The molecule has 3 rings (SSSR count). The van der Waals surface area contributed by atoms with Crippen molar-refractivity contribution in [3.05, 3.63) is 60.1 Å². The molecule has 1 N–H and O–H groups in total. The van der Waals surface area contributed by atoms with Gasteiger partial charge in [0.15, 0.2) is 0 Å². The summed E-state index contributed by atoms with van der Waals surface area (Å²) in [6, 6.07) is 8.39. The van der Waals surface area contributed by atoms with Crippen molar-refractivity contribution >= 4 is 17.0 Å². The van der Waals surface area contributed by atoms with Gasteiger partial charge < -0.3 is 5.32 Å². The van der Waals surface area contributed by atoms with Crippen LogP contribution in [0.4, 0.5) is 5.69 Å². The number of thiazole rings is 1. The third-order valence-electron chi connectivity index (χ3n) is 2.97. The first-order chi connectivity index (χ1) is 9.83. The van der Waals surface area contributed by atoms with Crippen LogP contribution in [0.25, 0.3) is 10.6 Å². The van der Waals surface area contributed by atoms with Crippen LogP contribution >= 0.6 is 11.3 Å². The number of rotatable bonds is 4. The molecule has 1 atom stereocenters. The molecule has 0 bridgehead atoms. The van der Waals surface area contributed by atoms with Gasteiger partial charge in [-0.2, -0.15) is 0 Å². The zero-order chi connectivity index (χ0) is 13.8. The van der Waals surface area contributed by atoms with Gasteiger partial charge in [-0.05, 0) is 31.2 Å². The Kier molecular flexibility index (Phi) is 3.69. The van der Waals surface area contributed by atoms with E-state index in [0.717, 1.165) is 22.0 Å². The second kappa shape index (κ2) is 5.79. The molecule has 2 aromatic heterocycles. The molecule has 0 amide bonds. The fourth-order valence-electron chi connectivity index (χ4n) is 1.93. The number of aromatic nitrogens is 3. The van der Waals surface area contributed by atoms with Crippen molar-refractivity contribution in [3.8, 4) is 10.6 Å². The first-order valence-corrected chi connectivity index (χ1v) is 7.23. The summed E-state index contributed by atoms with van der Waals surface area (Å²) in [7, 11) is 0. The maximum atomic E-state index is 4.30. The topological polar surface area (TPSA) is 50.7 Å². The van der Waals surface area contributed by atoms with E-state index in [1.54, 1.807) is 29.9 Å². The molecular formula is C15H14N4S. The van der Waals surface area contributed by atoms with Crippen LogP contribution in [-0.4, -0.2) is 15.0 Å². The zero-order valence-corrected chi connectivity index (χ0v) is 11.8. The molecule has 1 aromatic carbocycles. The van der Waals surface area contributed by atoms with Crippen LogP contribution in [0.1, 0.15) is 18.7 Å². The average Bonchev–Trinajstić information content (AvgIpc) is 3.03. The molecule has 100 valence electrons. The second-order valence-corrected chi connectivity index (χ2v) is 5.31. The summed E-state index contributed by atoms with van der Waals surface area (Å²) in [6.07, 6.45) is 6.99. The fourth-order valence-corrected chi connectivity index (χ4v) is 2.58. The van der Waals surface area contributed by atoms with E-state index in [4.69, 9.17) is 0 Å². The number of nitrogens with zero attached hydrogens (tertiary/aromatic N) is 3. The van der Waals surface area contributed by atoms with E-state index in [0.29, 0.717) is 0 Å². The lowest BCUT2D eigenvalue weighted by molar-refractivity contribution is 0.827. The van der Waals surface area contributed by atoms with Crippen LogP contribution in [0.15, 0.2) is 54.4 Å². The van der Waals surface area contributed by atoms with Crippen LogP contribution in [0.3, 0.4) is 0 Å². The second-order valence-electron chi connectivity index (χ2n) is 4.41. The van der Waals surface area contributed by atoms with Gasteiger partial charge in [-0.25, -0.2) is 4.98 Å². The van der Waals surface area contributed by atoms with Crippen LogP contribution in [0.2, 0.25) is 0 Å². The van der Waals surface area contributed by atoms with E-state index < -0.39 is 0 Å². The molecule has 3 aromatic rings. The maximum Gasteiger partial charge on any atom is 0.123 e. The molecule has 0 aliphatic heterocycles. The van der Waals surface area contributed by atoms with E-state index in [2.05, 4.69) is 51.5 Å². The lowest BCUT2D eigenvalue weighted by Crippen LogP contribution is -2.08. The van der Waals surface area contributed by atoms with Crippen LogP contribution < -0.4 is 5.32 Å². The number of benzene rings is 1. The smallest absolute Gasteiger partial charge is 0.123 e. The van der Waals surface area contributed by atoms with Gasteiger partial charge in [0.2, 0.25) is 0 Å². The van der Waals surface area contributed by atoms with Gasteiger partial charge in [-0.15, -0.1) is 11.3 Å². The Hall–Kier alpha value is -2.27. The molecule has 0 radical (unpaired) electrons. The molecule has 4 nitrogen and oxygen atoms in total. The quantitative estimate of drug-likeness (QED) is 0.791. The molecule has 1 unspecified atom stereocenters. The summed E-state index contributed by atoms with van der Waals surface area (Å²) in [5.41, 5.74) is 3.12. The Labute approximate surface area is 121 Å². The zero-order valence-electron chi connectivity index (χ0n) is 11.0. The summed E-state index contributed by atoms with van der Waals surface area (Å²) in [5, 5.41) is 6.44. The number of anilines is 1. The van der Waals surface area contributed by atoms with E-state index in [-0.39, 0.29) is 6.04 Å². The third-order valence-corrected chi connectivity index (χ3v) is 3.80. The minimum absolute atomic E-state index is 0.120. The predicted molar refractivity (Wildman–Crippen MR) is 81.6 cm³/mol. The molecule has 0 spiro atoms. The molecule has 0 saturated heterocycles. The number of nitrogens with one attached hydrogen (secondary N) is 1. The van der Waals surface area contributed by atoms with Crippen molar-refractivity contribution in [2.45, 2.75) is 13.0 Å². The summed E-state index contributed by atoms with van der Waals surface area (Å²) < 4.78 is 0. The number of hydrogen-bond acceptors (Lipinski definition) is 5. The Morgan fingerprint density at radius 1 is 1.05 bits per heavy atom. The standard InChI is InChI=1S/C15H14N4S/c1-11(14-10-16-6-7-17-14)19-13-4-2-12(3-5-13)15-18-8-9-20-15/h2-11,19H,1H3. The minimum Gasteiger partial charge on any atom is -0.377 e. The van der Waals surface area contributed by atoms with Gasteiger partial charge in [0, 0.05) is 35.2 Å². The van der Waals surface area contributed by atoms with E-state index in [1.807, 2.05) is 11.6 Å². The Bertz CT molecular complexity index is 650. The first kappa shape index (κ1) is 12.7. The molecular weight excluding hydrogens is 268 g/mol. The minimum atomic E-state index is 0.120. The lowest BCUT2D eigenvalue weighted by Gasteiger charge is -2.14. The molecule has 0 saturated carbocycles. The van der Waals surface area contributed by atoms with Crippen LogP contribution in [0.5, 0.6) is 0 Å². The molecule has 0 fully saturated rings. The van der Waals surface area contributed by atoms with Crippen LogP contribution in [0, 0.1) is 0 Å². The first-order valence-electron chi connectivity index (χ1n) is 6.35. The third kappa shape index (κ3) is 2.83. The summed E-state index contributed by atoms with van der Waals surface area (Å²) in [6.45, 7) is 2.07. The SMILES string of the molecule is CC(Nc1ccc(-c2nccs2)cc1)c1cnccn1. The van der Waals surface area contributed by atoms with Crippen molar-refractivity contribution in [1.29, 1.82) is 0 Å². The summed E-state index contributed by atoms with van der Waals surface area (Å²) in [4.78, 5) is 12.7. The molecule has 20 heavy (non-hydrogen) atoms. The summed E-state index contributed by atoms with van der Waals surface area (Å²) in [5.74, 6) is 0. The molecule has 0 aliphatic rings. The van der Waals surface area contributed by atoms with E-state index >= 15 is 0 Å². The highest BCUT2D eigenvalue weighted by atomic mass is 32.1. The monoisotopic (exact) mass is 282 g/mol. The molecule has 2 heterocycles. The normalized spacial score (nSPS) is 12.1. The van der Waals surface area contributed by atoms with Gasteiger partial charge in [-0.1, -0.05) is 0 Å². The Morgan fingerprint density at radius 2 is 1.90 bits per heavy atom. The van der Waals surface area contributed by atoms with Crippen molar-refractivity contribution in [2.75, 3.05) is 5.32 Å². The van der Waals surface area contributed by atoms with Gasteiger partial charge in [0.05, 0.1) is 17.9 Å². The molecule has 5 heteroatoms. The van der Waals surface area contributed by atoms with Crippen LogP contribution in [-0.2, 0) is 0 Å². The highest BCUT2D eigenvalue weighted by molar-refractivity contribution is 7.13. The van der Waals surface area contributed by atoms with E-state index in [1.165, 1.54) is 0 Å². The fraction of sp³-hybridized carbons (Fsp3) is 0.133. The van der Waals surface area contributed by atoms with Crippen molar-refractivity contribution in [2.24, 2.45) is 0 Å². The number of hydrogen-bond donors (Lipinski definition) is 1. The highest BCUT2D eigenvalue weighted by Gasteiger charge is 2.07. The van der Waals surface area contributed by atoms with Gasteiger partial charge in [0.25, 0.3) is 0 Å². The van der Waals surface area contributed by atoms with Gasteiger partial charge >= 0.3 is 0 Å². The highest BCUT2D eigenvalue weighted by Crippen LogP contribution is 2.24. The van der Waals surface area contributed by atoms with Gasteiger partial charge in [-0.3, -0.25) is 9.97 Å².